The maximum Gasteiger partial charge on any atom is 0.251 e. The van der Waals surface area contributed by atoms with Crippen LogP contribution in [0.1, 0.15) is 23.2 Å². The highest BCUT2D eigenvalue weighted by molar-refractivity contribution is 6.06. The molecule has 0 unspecified atom stereocenters. The fraction of sp³-hybridized carbons (Fsp3) is 0.381. The Kier molecular flexibility index (Phi) is 6.48. The molecule has 4 N–H and O–H groups in total. The number of aromatic nitrogens is 4. The van der Waals surface area contributed by atoms with Crippen molar-refractivity contribution in [3.05, 3.63) is 36.3 Å². The fourth-order valence-corrected chi connectivity index (χ4v) is 3.50. The summed E-state index contributed by atoms with van der Waals surface area (Å²) in [6.45, 7) is 2.73. The third-order valence-electron chi connectivity index (χ3n) is 5.06. The SMILES string of the molecule is COCCOc1ccc(-c2cc(C(N)=O)c3ncnc(N[C@H]4CCCNC4)c3n2)cn1. The number of carbonyl (C=O) groups is 1. The second-order valence-corrected chi connectivity index (χ2v) is 7.25. The summed E-state index contributed by atoms with van der Waals surface area (Å²) in [5.74, 6) is 0.479. The van der Waals surface area contributed by atoms with Gasteiger partial charge < -0.3 is 25.8 Å². The van der Waals surface area contributed by atoms with Crippen molar-refractivity contribution in [1.29, 1.82) is 0 Å². The summed E-state index contributed by atoms with van der Waals surface area (Å²) in [6, 6.07) is 5.43. The molecule has 1 saturated heterocycles. The molecule has 0 spiro atoms. The van der Waals surface area contributed by atoms with Crippen LogP contribution in [0.4, 0.5) is 5.82 Å². The van der Waals surface area contributed by atoms with Crippen molar-refractivity contribution in [1.82, 2.24) is 25.3 Å². The molecule has 0 saturated carbocycles. The predicted octanol–water partition coefficient (Wildman–Crippen LogP) is 1.37. The van der Waals surface area contributed by atoms with Gasteiger partial charge in [-0.25, -0.2) is 19.9 Å². The Balaban J connectivity index is 1.70. The minimum atomic E-state index is -0.579. The molecule has 1 atom stereocenters. The number of methoxy groups -OCH3 is 1. The number of carbonyl (C=O) groups excluding carboxylic acids is 1. The number of rotatable bonds is 8. The number of hydrogen-bond acceptors (Lipinski definition) is 9. The van der Waals surface area contributed by atoms with Gasteiger partial charge in [-0.05, 0) is 31.5 Å². The van der Waals surface area contributed by atoms with Gasteiger partial charge in [-0.1, -0.05) is 0 Å². The number of primary amides is 1. The molecule has 162 valence electrons. The van der Waals surface area contributed by atoms with E-state index >= 15 is 0 Å². The van der Waals surface area contributed by atoms with Crippen LogP contribution in [0.2, 0.25) is 0 Å². The summed E-state index contributed by atoms with van der Waals surface area (Å²) < 4.78 is 10.5. The van der Waals surface area contributed by atoms with Gasteiger partial charge >= 0.3 is 0 Å². The molecule has 3 aromatic heterocycles. The van der Waals surface area contributed by atoms with E-state index in [9.17, 15) is 4.79 Å². The molecule has 0 radical (unpaired) electrons. The largest absolute Gasteiger partial charge is 0.475 e. The van der Waals surface area contributed by atoms with Gasteiger partial charge in [-0.15, -0.1) is 0 Å². The molecule has 31 heavy (non-hydrogen) atoms. The first-order valence-electron chi connectivity index (χ1n) is 10.2. The van der Waals surface area contributed by atoms with Crippen LogP contribution in [0.3, 0.4) is 0 Å². The Morgan fingerprint density at radius 1 is 1.26 bits per heavy atom. The maximum atomic E-state index is 12.2. The van der Waals surface area contributed by atoms with E-state index in [1.165, 1.54) is 6.33 Å². The van der Waals surface area contributed by atoms with Crippen molar-refractivity contribution in [2.24, 2.45) is 5.73 Å². The van der Waals surface area contributed by atoms with Gasteiger partial charge in [0.05, 0.1) is 17.9 Å². The Labute approximate surface area is 179 Å². The van der Waals surface area contributed by atoms with Crippen LogP contribution in [-0.2, 0) is 4.74 Å². The molecule has 4 rings (SSSR count). The van der Waals surface area contributed by atoms with Crippen molar-refractivity contribution < 1.29 is 14.3 Å². The molecular formula is C21H25N7O3. The highest BCUT2D eigenvalue weighted by atomic mass is 16.5. The Bertz CT molecular complexity index is 1050. The number of pyridine rings is 2. The predicted molar refractivity (Wildman–Crippen MR) is 116 cm³/mol. The molecule has 0 aliphatic carbocycles. The summed E-state index contributed by atoms with van der Waals surface area (Å²) in [5, 5.41) is 6.80. The topological polar surface area (TPSA) is 137 Å². The van der Waals surface area contributed by atoms with E-state index in [4.69, 9.17) is 20.2 Å². The van der Waals surface area contributed by atoms with E-state index in [2.05, 4.69) is 25.6 Å². The number of nitrogens with zero attached hydrogens (tertiary/aromatic N) is 4. The normalized spacial score (nSPS) is 16.2. The Morgan fingerprint density at radius 3 is 2.87 bits per heavy atom. The first-order valence-corrected chi connectivity index (χ1v) is 10.2. The molecule has 0 bridgehead atoms. The average Bonchev–Trinajstić information content (AvgIpc) is 2.80. The second-order valence-electron chi connectivity index (χ2n) is 7.25. The molecule has 1 fully saturated rings. The number of anilines is 1. The van der Waals surface area contributed by atoms with E-state index in [-0.39, 0.29) is 11.6 Å². The molecule has 3 aromatic rings. The highest BCUT2D eigenvalue weighted by Crippen LogP contribution is 2.27. The van der Waals surface area contributed by atoms with Crippen molar-refractivity contribution in [3.63, 3.8) is 0 Å². The standard InChI is InChI=1S/C21H25N7O3/c1-30-7-8-31-17-5-4-13(10-24-17)16-9-15(20(22)29)18-19(28-16)21(26-12-25-18)27-14-3-2-6-23-11-14/h4-5,9-10,12,14,23H,2-3,6-8,11H2,1H3,(H2,22,29)(H,25,26,27)/t14-/m0/s1. The molecule has 1 aliphatic heterocycles. The number of fused-ring (bicyclic) bond motifs is 1. The van der Waals surface area contributed by atoms with Gasteiger partial charge in [-0.3, -0.25) is 4.79 Å². The van der Waals surface area contributed by atoms with Crippen LogP contribution in [0.25, 0.3) is 22.3 Å². The van der Waals surface area contributed by atoms with E-state index in [0.717, 1.165) is 31.5 Å². The Hall–Kier alpha value is -3.37. The van der Waals surface area contributed by atoms with Crippen LogP contribution in [-0.4, -0.2) is 65.3 Å². The maximum absolute atomic E-state index is 12.2. The van der Waals surface area contributed by atoms with Crippen LogP contribution in [0.15, 0.2) is 30.7 Å². The zero-order valence-electron chi connectivity index (χ0n) is 17.3. The van der Waals surface area contributed by atoms with Gasteiger partial charge in [0, 0.05) is 37.5 Å². The van der Waals surface area contributed by atoms with E-state index < -0.39 is 5.91 Å². The quantitative estimate of drug-likeness (QED) is 0.459. The van der Waals surface area contributed by atoms with Crippen LogP contribution in [0.5, 0.6) is 5.88 Å². The molecule has 0 aromatic carbocycles. The molecule has 1 amide bonds. The number of ether oxygens (including phenoxy) is 2. The van der Waals surface area contributed by atoms with Crippen LogP contribution < -0.4 is 21.1 Å². The number of piperidine rings is 1. The van der Waals surface area contributed by atoms with Crippen molar-refractivity contribution in [3.8, 4) is 17.1 Å². The van der Waals surface area contributed by atoms with Crippen LogP contribution >= 0.6 is 0 Å². The molecule has 4 heterocycles. The monoisotopic (exact) mass is 423 g/mol. The number of nitrogens with one attached hydrogen (secondary N) is 2. The fourth-order valence-electron chi connectivity index (χ4n) is 3.50. The third-order valence-corrected chi connectivity index (χ3v) is 5.06. The Morgan fingerprint density at radius 2 is 2.16 bits per heavy atom. The van der Waals surface area contributed by atoms with E-state index in [1.54, 1.807) is 25.4 Å². The molecule has 1 aliphatic rings. The van der Waals surface area contributed by atoms with Crippen molar-refractivity contribution in [2.75, 3.05) is 38.7 Å². The average molecular weight is 423 g/mol. The lowest BCUT2D eigenvalue weighted by Crippen LogP contribution is -2.38. The molecular weight excluding hydrogens is 398 g/mol. The lowest BCUT2D eigenvalue weighted by Gasteiger charge is -2.24. The summed E-state index contributed by atoms with van der Waals surface area (Å²) >= 11 is 0. The molecule has 10 nitrogen and oxygen atoms in total. The minimum Gasteiger partial charge on any atom is -0.475 e. The summed E-state index contributed by atoms with van der Waals surface area (Å²) in [7, 11) is 1.61. The van der Waals surface area contributed by atoms with Gasteiger partial charge in [-0.2, -0.15) is 0 Å². The number of hydrogen-bond donors (Lipinski definition) is 3. The van der Waals surface area contributed by atoms with Crippen molar-refractivity contribution in [2.45, 2.75) is 18.9 Å². The summed E-state index contributed by atoms with van der Waals surface area (Å²) in [5.41, 5.74) is 8.13. The first-order chi connectivity index (χ1) is 15.2. The van der Waals surface area contributed by atoms with Gasteiger partial charge in [0.2, 0.25) is 5.88 Å². The van der Waals surface area contributed by atoms with Gasteiger partial charge in [0.25, 0.3) is 5.91 Å². The van der Waals surface area contributed by atoms with Crippen LogP contribution in [0, 0.1) is 0 Å². The minimum absolute atomic E-state index is 0.222. The molecule has 10 heteroatoms. The van der Waals surface area contributed by atoms with Crippen molar-refractivity contribution >= 4 is 22.8 Å². The van der Waals surface area contributed by atoms with Gasteiger partial charge in [0.15, 0.2) is 5.82 Å². The summed E-state index contributed by atoms with van der Waals surface area (Å²) in [4.78, 5) is 29.9. The first kappa shape index (κ1) is 20.9. The van der Waals surface area contributed by atoms with E-state index in [0.29, 0.717) is 41.6 Å². The second kappa shape index (κ2) is 9.63. The number of nitrogens with two attached hydrogens (primary N) is 1. The zero-order valence-corrected chi connectivity index (χ0v) is 17.3. The highest BCUT2D eigenvalue weighted by Gasteiger charge is 2.19. The lowest BCUT2D eigenvalue weighted by molar-refractivity contribution is 0.100. The zero-order chi connectivity index (χ0) is 21.6. The smallest absolute Gasteiger partial charge is 0.251 e. The summed E-state index contributed by atoms with van der Waals surface area (Å²) in [6.07, 6.45) is 5.16. The number of amides is 1. The lowest BCUT2D eigenvalue weighted by atomic mass is 10.1. The third kappa shape index (κ3) is 4.86. The van der Waals surface area contributed by atoms with E-state index in [1.807, 2.05) is 6.07 Å². The van der Waals surface area contributed by atoms with Gasteiger partial charge in [0.1, 0.15) is 24.0 Å².